The van der Waals surface area contributed by atoms with Gasteiger partial charge in [-0.05, 0) is 43.2 Å². The Bertz CT molecular complexity index is 665. The summed E-state index contributed by atoms with van der Waals surface area (Å²) in [5.74, 6) is -0.986. The van der Waals surface area contributed by atoms with Crippen LogP contribution in [0.2, 0.25) is 0 Å². The summed E-state index contributed by atoms with van der Waals surface area (Å²) < 4.78 is 38.2. The third kappa shape index (κ3) is 3.07. The van der Waals surface area contributed by atoms with Gasteiger partial charge < -0.3 is 5.11 Å². The van der Waals surface area contributed by atoms with Gasteiger partial charge in [0, 0.05) is 17.5 Å². The summed E-state index contributed by atoms with van der Waals surface area (Å²) in [6, 6.07) is 4.95. The van der Waals surface area contributed by atoms with Gasteiger partial charge in [0.25, 0.3) is 0 Å². The van der Waals surface area contributed by atoms with Gasteiger partial charge in [0.15, 0.2) is 0 Å². The van der Waals surface area contributed by atoms with Crippen molar-refractivity contribution >= 4 is 16.9 Å². The Kier molecular flexibility index (Phi) is 3.65. The quantitative estimate of drug-likeness (QED) is 0.936. The van der Waals surface area contributed by atoms with E-state index in [2.05, 4.69) is 4.98 Å². The molecule has 0 saturated carbocycles. The van der Waals surface area contributed by atoms with Crippen LogP contribution in [0.3, 0.4) is 0 Å². The fourth-order valence-electron chi connectivity index (χ4n) is 2.07. The van der Waals surface area contributed by atoms with E-state index in [9.17, 15) is 18.0 Å². The number of aryl methyl sites for hydroxylation is 2. The minimum Gasteiger partial charge on any atom is -0.481 e. The molecule has 0 aliphatic rings. The van der Waals surface area contributed by atoms with Gasteiger partial charge >= 0.3 is 12.1 Å². The van der Waals surface area contributed by atoms with Crippen LogP contribution in [-0.4, -0.2) is 16.1 Å². The molecule has 106 valence electrons. The van der Waals surface area contributed by atoms with E-state index >= 15 is 0 Å². The van der Waals surface area contributed by atoms with Gasteiger partial charge in [-0.25, -0.2) is 0 Å². The van der Waals surface area contributed by atoms with Crippen LogP contribution in [0.15, 0.2) is 24.3 Å². The summed E-state index contributed by atoms with van der Waals surface area (Å²) >= 11 is 0. The first-order chi connectivity index (χ1) is 9.27. The predicted molar refractivity (Wildman–Crippen MR) is 67.4 cm³/mol. The highest BCUT2D eigenvalue weighted by Gasteiger charge is 2.30. The molecule has 3 nitrogen and oxygen atoms in total. The summed E-state index contributed by atoms with van der Waals surface area (Å²) in [6.07, 6.45) is -4.38. The number of hydrogen-bond acceptors (Lipinski definition) is 2. The van der Waals surface area contributed by atoms with Gasteiger partial charge in [-0.2, -0.15) is 13.2 Å². The molecule has 1 aromatic carbocycles. The number of nitrogens with zero attached hydrogens (tertiary/aromatic N) is 1. The molecule has 0 bridgehead atoms. The third-order valence-corrected chi connectivity index (χ3v) is 2.96. The molecule has 0 aliphatic carbocycles. The number of rotatable bonds is 3. The summed E-state index contributed by atoms with van der Waals surface area (Å²) in [5.41, 5.74) is 0.907. The highest BCUT2D eigenvalue weighted by molar-refractivity contribution is 5.83. The molecule has 0 fully saturated rings. The van der Waals surface area contributed by atoms with Crippen molar-refractivity contribution in [2.45, 2.75) is 25.9 Å². The normalized spacial score (nSPS) is 11.8. The Labute approximate surface area is 113 Å². The first-order valence-electron chi connectivity index (χ1n) is 5.96. The Morgan fingerprint density at radius 3 is 2.60 bits per heavy atom. The van der Waals surface area contributed by atoms with E-state index in [1.165, 1.54) is 6.07 Å². The summed E-state index contributed by atoms with van der Waals surface area (Å²) in [5, 5.41) is 9.06. The monoisotopic (exact) mass is 283 g/mol. The lowest BCUT2D eigenvalue weighted by Crippen LogP contribution is -2.05. The highest BCUT2D eigenvalue weighted by atomic mass is 19.4. The lowest BCUT2D eigenvalue weighted by Gasteiger charge is -2.11. The van der Waals surface area contributed by atoms with Gasteiger partial charge in [-0.1, -0.05) is 0 Å². The number of fused-ring (bicyclic) bond motifs is 1. The van der Waals surface area contributed by atoms with E-state index in [-0.39, 0.29) is 12.8 Å². The molecule has 0 radical (unpaired) electrons. The lowest BCUT2D eigenvalue weighted by atomic mass is 10.0. The van der Waals surface area contributed by atoms with E-state index in [4.69, 9.17) is 5.11 Å². The van der Waals surface area contributed by atoms with Crippen molar-refractivity contribution in [1.82, 2.24) is 4.98 Å². The summed E-state index contributed by atoms with van der Waals surface area (Å²) in [6.45, 7) is 1.72. The lowest BCUT2D eigenvalue weighted by molar-refractivity contribution is -0.138. The van der Waals surface area contributed by atoms with E-state index in [1.54, 1.807) is 13.0 Å². The Morgan fingerprint density at radius 1 is 1.30 bits per heavy atom. The Balaban J connectivity index is 2.56. The Hall–Kier alpha value is -2.11. The fraction of sp³-hybridized carbons (Fsp3) is 0.286. The van der Waals surface area contributed by atoms with Crippen molar-refractivity contribution in [1.29, 1.82) is 0 Å². The van der Waals surface area contributed by atoms with Crippen molar-refractivity contribution in [3.8, 4) is 0 Å². The van der Waals surface area contributed by atoms with Crippen LogP contribution in [0.5, 0.6) is 0 Å². The average Bonchev–Trinajstić information content (AvgIpc) is 2.33. The van der Waals surface area contributed by atoms with Crippen molar-refractivity contribution in [2.75, 3.05) is 0 Å². The molecule has 6 heteroatoms. The maximum Gasteiger partial charge on any atom is 0.416 e. The smallest absolute Gasteiger partial charge is 0.416 e. The van der Waals surface area contributed by atoms with Crippen LogP contribution in [0, 0.1) is 6.92 Å². The number of pyridine rings is 1. The van der Waals surface area contributed by atoms with Crippen molar-refractivity contribution in [3.63, 3.8) is 0 Å². The molecule has 2 rings (SSSR count). The van der Waals surface area contributed by atoms with Gasteiger partial charge in [0.1, 0.15) is 0 Å². The van der Waals surface area contributed by atoms with Gasteiger partial charge in [0.05, 0.1) is 11.1 Å². The zero-order valence-corrected chi connectivity index (χ0v) is 10.7. The number of halogens is 3. The molecular weight excluding hydrogens is 271 g/mol. The number of carbonyl (C=O) groups is 1. The van der Waals surface area contributed by atoms with E-state index in [0.717, 1.165) is 12.1 Å². The first-order valence-corrected chi connectivity index (χ1v) is 5.96. The minimum absolute atomic E-state index is 0.130. The minimum atomic E-state index is -4.43. The number of aromatic nitrogens is 1. The number of carboxylic acids is 1. The van der Waals surface area contributed by atoms with Crippen molar-refractivity contribution < 1.29 is 23.1 Å². The SMILES string of the molecule is Cc1cc(CCC(=O)O)c2cc(C(F)(F)F)ccc2n1. The summed E-state index contributed by atoms with van der Waals surface area (Å²) in [7, 11) is 0. The van der Waals surface area contributed by atoms with Gasteiger partial charge in [0.2, 0.25) is 0 Å². The molecule has 20 heavy (non-hydrogen) atoms. The molecule has 0 amide bonds. The third-order valence-electron chi connectivity index (χ3n) is 2.96. The number of hydrogen-bond donors (Lipinski definition) is 1. The van der Waals surface area contributed by atoms with Crippen LogP contribution in [0.1, 0.15) is 23.2 Å². The molecule has 1 heterocycles. The largest absolute Gasteiger partial charge is 0.481 e. The van der Waals surface area contributed by atoms with E-state index in [1.807, 2.05) is 0 Å². The van der Waals surface area contributed by atoms with Crippen molar-refractivity contribution in [3.05, 3.63) is 41.1 Å². The van der Waals surface area contributed by atoms with Crippen LogP contribution in [0.4, 0.5) is 13.2 Å². The molecule has 0 unspecified atom stereocenters. The molecule has 1 aromatic heterocycles. The molecule has 0 saturated heterocycles. The van der Waals surface area contributed by atoms with E-state index < -0.39 is 17.7 Å². The zero-order chi connectivity index (χ0) is 14.9. The molecule has 0 aliphatic heterocycles. The fourth-order valence-corrected chi connectivity index (χ4v) is 2.07. The van der Waals surface area contributed by atoms with Crippen molar-refractivity contribution in [2.24, 2.45) is 0 Å². The molecular formula is C14H12F3NO2. The van der Waals surface area contributed by atoms with Crippen LogP contribution in [-0.2, 0) is 17.4 Å². The number of aliphatic carboxylic acids is 1. The number of benzene rings is 1. The molecule has 1 N–H and O–H groups in total. The molecule has 0 atom stereocenters. The van der Waals surface area contributed by atoms with Crippen LogP contribution < -0.4 is 0 Å². The average molecular weight is 283 g/mol. The number of alkyl halides is 3. The maximum absolute atomic E-state index is 12.7. The number of carboxylic acid groups (broad SMARTS) is 1. The standard InChI is InChI=1S/C14H12F3NO2/c1-8-6-9(2-5-13(19)20)11-7-10(14(15,16)17)3-4-12(11)18-8/h3-4,6-7H,2,5H2,1H3,(H,19,20). The topological polar surface area (TPSA) is 50.2 Å². The predicted octanol–water partition coefficient (Wildman–Crippen LogP) is 3.58. The van der Waals surface area contributed by atoms with Gasteiger partial charge in [-0.3, -0.25) is 9.78 Å². The zero-order valence-electron chi connectivity index (χ0n) is 10.7. The molecule has 2 aromatic rings. The first kappa shape index (κ1) is 14.3. The van der Waals surface area contributed by atoms with Crippen LogP contribution in [0.25, 0.3) is 10.9 Å². The van der Waals surface area contributed by atoms with E-state index in [0.29, 0.717) is 22.2 Å². The highest BCUT2D eigenvalue weighted by Crippen LogP contribution is 2.32. The second kappa shape index (κ2) is 5.11. The second-order valence-electron chi connectivity index (χ2n) is 4.55. The van der Waals surface area contributed by atoms with Gasteiger partial charge in [-0.15, -0.1) is 0 Å². The van der Waals surface area contributed by atoms with Crippen LogP contribution >= 0.6 is 0 Å². The maximum atomic E-state index is 12.7. The summed E-state index contributed by atoms with van der Waals surface area (Å²) in [4.78, 5) is 14.8. The Morgan fingerprint density at radius 2 is 2.00 bits per heavy atom. The second-order valence-corrected chi connectivity index (χ2v) is 4.55. The molecule has 0 spiro atoms.